The summed E-state index contributed by atoms with van der Waals surface area (Å²) in [5.41, 5.74) is 4.15. The minimum absolute atomic E-state index is 0.389. The van der Waals surface area contributed by atoms with Crippen molar-refractivity contribution in [1.82, 2.24) is 5.32 Å². The molecule has 1 aliphatic heterocycles. The molecule has 0 aromatic heterocycles. The normalized spacial score (nSPS) is 20.3. The summed E-state index contributed by atoms with van der Waals surface area (Å²) in [6, 6.07) is 7.00. The van der Waals surface area contributed by atoms with E-state index in [9.17, 15) is 0 Å². The Morgan fingerprint density at radius 3 is 3.15 bits per heavy atom. The van der Waals surface area contributed by atoms with Gasteiger partial charge in [-0.05, 0) is 18.1 Å². The average Bonchev–Trinajstić information content (AvgIpc) is 2.49. The summed E-state index contributed by atoms with van der Waals surface area (Å²) >= 11 is 0. The summed E-state index contributed by atoms with van der Waals surface area (Å²) in [5.74, 6) is 0. The molecule has 2 rings (SSSR count). The van der Waals surface area contributed by atoms with Crippen LogP contribution >= 0.6 is 0 Å². The quantitative estimate of drug-likeness (QED) is 0.743. The van der Waals surface area contributed by atoms with Crippen molar-refractivity contribution in [2.24, 2.45) is 0 Å². The topological polar surface area (TPSA) is 21.3 Å². The van der Waals surface area contributed by atoms with Crippen LogP contribution < -0.4 is 5.32 Å². The molecule has 2 nitrogen and oxygen atoms in total. The zero-order valence-electron chi connectivity index (χ0n) is 8.13. The maximum atomic E-state index is 5.15. The second kappa shape index (κ2) is 3.48. The number of methoxy groups -OCH3 is 1. The Labute approximate surface area is 78.9 Å². The first-order valence-corrected chi connectivity index (χ1v) is 4.63. The van der Waals surface area contributed by atoms with Gasteiger partial charge >= 0.3 is 0 Å². The van der Waals surface area contributed by atoms with Crippen molar-refractivity contribution < 1.29 is 4.74 Å². The molecule has 13 heavy (non-hydrogen) atoms. The highest BCUT2D eigenvalue weighted by molar-refractivity contribution is 5.36. The second-order valence-electron chi connectivity index (χ2n) is 3.59. The van der Waals surface area contributed by atoms with Crippen LogP contribution in [0.1, 0.15) is 22.7 Å². The fraction of sp³-hybridized carbons (Fsp3) is 0.455. The summed E-state index contributed by atoms with van der Waals surface area (Å²) in [5, 5.41) is 3.43. The third-order valence-corrected chi connectivity index (χ3v) is 2.55. The Kier molecular flexibility index (Phi) is 2.34. The molecule has 1 heterocycles. The SMILES string of the molecule is COCC1NCc2cc(C)ccc21. The molecule has 0 fully saturated rings. The highest BCUT2D eigenvalue weighted by Crippen LogP contribution is 2.25. The van der Waals surface area contributed by atoms with Gasteiger partial charge in [0.2, 0.25) is 0 Å². The zero-order chi connectivity index (χ0) is 9.26. The van der Waals surface area contributed by atoms with Crippen LogP contribution in [-0.4, -0.2) is 13.7 Å². The number of hydrogen-bond acceptors (Lipinski definition) is 2. The molecule has 1 unspecified atom stereocenters. The number of aryl methyl sites for hydroxylation is 1. The monoisotopic (exact) mass is 177 g/mol. The van der Waals surface area contributed by atoms with Gasteiger partial charge in [-0.2, -0.15) is 0 Å². The standard InChI is InChI=1S/C11H15NO/c1-8-3-4-10-9(5-8)6-12-11(10)7-13-2/h3-5,11-12H,6-7H2,1-2H3. The van der Waals surface area contributed by atoms with E-state index in [4.69, 9.17) is 4.74 Å². The van der Waals surface area contributed by atoms with Gasteiger partial charge in [-0.1, -0.05) is 23.8 Å². The lowest BCUT2D eigenvalue weighted by Crippen LogP contribution is -2.16. The molecule has 1 atom stereocenters. The molecule has 0 saturated carbocycles. The number of nitrogens with one attached hydrogen (secondary N) is 1. The van der Waals surface area contributed by atoms with Crippen LogP contribution in [-0.2, 0) is 11.3 Å². The van der Waals surface area contributed by atoms with E-state index in [1.807, 2.05) is 0 Å². The molecular formula is C11H15NO. The van der Waals surface area contributed by atoms with Crippen molar-refractivity contribution in [2.75, 3.05) is 13.7 Å². The minimum Gasteiger partial charge on any atom is -0.383 e. The molecule has 0 amide bonds. The fourth-order valence-corrected chi connectivity index (χ4v) is 1.89. The molecule has 0 saturated heterocycles. The van der Waals surface area contributed by atoms with Gasteiger partial charge in [-0.25, -0.2) is 0 Å². The first kappa shape index (κ1) is 8.73. The van der Waals surface area contributed by atoms with E-state index in [1.54, 1.807) is 7.11 Å². The smallest absolute Gasteiger partial charge is 0.0657 e. The molecule has 1 aromatic carbocycles. The Morgan fingerprint density at radius 2 is 2.38 bits per heavy atom. The second-order valence-corrected chi connectivity index (χ2v) is 3.59. The van der Waals surface area contributed by atoms with Crippen molar-refractivity contribution in [3.8, 4) is 0 Å². The molecule has 0 bridgehead atoms. The molecule has 1 aliphatic rings. The van der Waals surface area contributed by atoms with Gasteiger partial charge in [0.15, 0.2) is 0 Å². The summed E-state index contributed by atoms with van der Waals surface area (Å²) < 4.78 is 5.15. The molecule has 0 radical (unpaired) electrons. The van der Waals surface area contributed by atoms with Gasteiger partial charge in [0.25, 0.3) is 0 Å². The van der Waals surface area contributed by atoms with Crippen LogP contribution in [0.3, 0.4) is 0 Å². The van der Waals surface area contributed by atoms with E-state index in [1.165, 1.54) is 16.7 Å². The first-order chi connectivity index (χ1) is 6.31. The molecule has 1 N–H and O–H groups in total. The lowest BCUT2D eigenvalue weighted by Gasteiger charge is -2.10. The van der Waals surface area contributed by atoms with Crippen molar-refractivity contribution in [3.05, 3.63) is 34.9 Å². The third-order valence-electron chi connectivity index (χ3n) is 2.55. The third kappa shape index (κ3) is 1.60. The van der Waals surface area contributed by atoms with Crippen LogP contribution in [0.15, 0.2) is 18.2 Å². The zero-order valence-corrected chi connectivity index (χ0v) is 8.13. The molecular weight excluding hydrogens is 162 g/mol. The average molecular weight is 177 g/mol. The van der Waals surface area contributed by atoms with Gasteiger partial charge in [-0.3, -0.25) is 0 Å². The van der Waals surface area contributed by atoms with Gasteiger partial charge in [0.05, 0.1) is 12.6 Å². The molecule has 70 valence electrons. The van der Waals surface area contributed by atoms with Crippen LogP contribution in [0.4, 0.5) is 0 Å². The van der Waals surface area contributed by atoms with Crippen molar-refractivity contribution in [2.45, 2.75) is 19.5 Å². The lowest BCUT2D eigenvalue weighted by atomic mass is 10.0. The van der Waals surface area contributed by atoms with Gasteiger partial charge < -0.3 is 10.1 Å². The molecule has 0 spiro atoms. The lowest BCUT2D eigenvalue weighted by molar-refractivity contribution is 0.171. The molecule has 2 heteroatoms. The maximum Gasteiger partial charge on any atom is 0.0657 e. The van der Waals surface area contributed by atoms with Crippen molar-refractivity contribution in [3.63, 3.8) is 0 Å². The van der Waals surface area contributed by atoms with Crippen LogP contribution in [0.25, 0.3) is 0 Å². The first-order valence-electron chi connectivity index (χ1n) is 4.63. The summed E-state index contributed by atoms with van der Waals surface area (Å²) in [6.45, 7) is 3.87. The summed E-state index contributed by atoms with van der Waals surface area (Å²) in [7, 11) is 1.74. The van der Waals surface area contributed by atoms with Crippen molar-refractivity contribution in [1.29, 1.82) is 0 Å². The number of fused-ring (bicyclic) bond motifs is 1. The van der Waals surface area contributed by atoms with E-state index in [2.05, 4.69) is 30.4 Å². The molecule has 1 aromatic rings. The Bertz CT molecular complexity index is 309. The Morgan fingerprint density at radius 1 is 1.54 bits per heavy atom. The number of rotatable bonds is 2. The van der Waals surface area contributed by atoms with Gasteiger partial charge in [0, 0.05) is 13.7 Å². The van der Waals surface area contributed by atoms with Crippen molar-refractivity contribution >= 4 is 0 Å². The number of ether oxygens (including phenoxy) is 1. The minimum atomic E-state index is 0.389. The fourth-order valence-electron chi connectivity index (χ4n) is 1.89. The van der Waals surface area contributed by atoms with E-state index in [-0.39, 0.29) is 0 Å². The number of hydrogen-bond donors (Lipinski definition) is 1. The van der Waals surface area contributed by atoms with Gasteiger partial charge in [-0.15, -0.1) is 0 Å². The predicted molar refractivity (Wildman–Crippen MR) is 52.6 cm³/mol. The van der Waals surface area contributed by atoms with Gasteiger partial charge in [0.1, 0.15) is 0 Å². The van der Waals surface area contributed by atoms with Crippen LogP contribution in [0.5, 0.6) is 0 Å². The molecule has 0 aliphatic carbocycles. The number of benzene rings is 1. The summed E-state index contributed by atoms with van der Waals surface area (Å²) in [4.78, 5) is 0. The van der Waals surface area contributed by atoms with Crippen LogP contribution in [0.2, 0.25) is 0 Å². The van der Waals surface area contributed by atoms with E-state index >= 15 is 0 Å². The van der Waals surface area contributed by atoms with E-state index < -0.39 is 0 Å². The van der Waals surface area contributed by atoms with Crippen LogP contribution in [0, 0.1) is 6.92 Å². The highest BCUT2D eigenvalue weighted by atomic mass is 16.5. The van der Waals surface area contributed by atoms with E-state index in [0.29, 0.717) is 6.04 Å². The Balaban J connectivity index is 2.27. The Hall–Kier alpha value is -0.860. The maximum absolute atomic E-state index is 5.15. The predicted octanol–water partition coefficient (Wildman–Crippen LogP) is 1.79. The summed E-state index contributed by atoms with van der Waals surface area (Å²) in [6.07, 6.45) is 0. The van der Waals surface area contributed by atoms with E-state index in [0.717, 1.165) is 13.2 Å². The largest absolute Gasteiger partial charge is 0.383 e. The highest BCUT2D eigenvalue weighted by Gasteiger charge is 2.20.